The van der Waals surface area contributed by atoms with Crippen LogP contribution < -0.4 is 10.5 Å². The van der Waals surface area contributed by atoms with Gasteiger partial charge in [-0.1, -0.05) is 0 Å². The number of aryl methyl sites for hydroxylation is 2. The van der Waals surface area contributed by atoms with Crippen molar-refractivity contribution < 1.29 is 4.74 Å². The van der Waals surface area contributed by atoms with Crippen LogP contribution in [0.3, 0.4) is 0 Å². The molecule has 4 heteroatoms. The molecule has 0 aliphatic carbocycles. The number of nitrogen functional groups attached to an aromatic ring is 1. The van der Waals surface area contributed by atoms with Crippen molar-refractivity contribution in [1.82, 2.24) is 9.97 Å². The highest BCUT2D eigenvalue weighted by atomic mass is 16.5. The molecule has 4 nitrogen and oxygen atoms in total. The Morgan fingerprint density at radius 1 is 1.19 bits per heavy atom. The summed E-state index contributed by atoms with van der Waals surface area (Å²) in [6, 6.07) is 7.64. The lowest BCUT2D eigenvalue weighted by atomic mass is 10.2. The van der Waals surface area contributed by atoms with Crippen LogP contribution in [0, 0.1) is 13.8 Å². The second-order valence-electron chi connectivity index (χ2n) is 3.60. The lowest BCUT2D eigenvalue weighted by molar-refractivity contribution is 0.440. The van der Waals surface area contributed by atoms with Gasteiger partial charge in [-0.2, -0.15) is 0 Å². The van der Waals surface area contributed by atoms with E-state index < -0.39 is 0 Å². The maximum atomic E-state index is 5.72. The first-order chi connectivity index (χ1) is 7.65. The van der Waals surface area contributed by atoms with Crippen molar-refractivity contribution in [3.8, 4) is 11.8 Å². The third kappa shape index (κ3) is 2.28. The van der Waals surface area contributed by atoms with Crippen LogP contribution in [0.5, 0.6) is 11.8 Å². The zero-order valence-corrected chi connectivity index (χ0v) is 9.27. The number of rotatable bonds is 2. The molecule has 0 saturated carbocycles. The summed E-state index contributed by atoms with van der Waals surface area (Å²) in [6.45, 7) is 3.82. The first kappa shape index (κ1) is 10.4. The first-order valence-electron chi connectivity index (χ1n) is 4.99. The van der Waals surface area contributed by atoms with Crippen LogP contribution in [0.15, 0.2) is 30.5 Å². The van der Waals surface area contributed by atoms with Crippen molar-refractivity contribution >= 4 is 5.69 Å². The van der Waals surface area contributed by atoms with Crippen molar-refractivity contribution in [2.75, 3.05) is 5.73 Å². The van der Waals surface area contributed by atoms with Gasteiger partial charge >= 0.3 is 6.01 Å². The monoisotopic (exact) mass is 215 g/mol. The third-order valence-electron chi connectivity index (χ3n) is 2.22. The van der Waals surface area contributed by atoms with Crippen LogP contribution in [0.4, 0.5) is 5.69 Å². The Labute approximate surface area is 94.1 Å². The van der Waals surface area contributed by atoms with Gasteiger partial charge in [0.1, 0.15) is 5.75 Å². The quantitative estimate of drug-likeness (QED) is 0.782. The van der Waals surface area contributed by atoms with Gasteiger partial charge < -0.3 is 10.5 Å². The number of benzene rings is 1. The summed E-state index contributed by atoms with van der Waals surface area (Å²) < 4.78 is 5.52. The molecule has 0 atom stereocenters. The molecule has 1 aromatic carbocycles. The van der Waals surface area contributed by atoms with Gasteiger partial charge in [-0.25, -0.2) is 9.97 Å². The second-order valence-corrected chi connectivity index (χ2v) is 3.60. The zero-order chi connectivity index (χ0) is 11.5. The zero-order valence-electron chi connectivity index (χ0n) is 9.27. The SMILES string of the molecule is Cc1ccnc(Oc2ccc(N)c(C)c2)n1. The molecule has 16 heavy (non-hydrogen) atoms. The molecule has 2 rings (SSSR count). The number of hydrogen-bond donors (Lipinski definition) is 1. The second kappa shape index (κ2) is 4.18. The summed E-state index contributed by atoms with van der Waals surface area (Å²) in [5.74, 6) is 0.692. The van der Waals surface area contributed by atoms with Gasteiger partial charge in [0.2, 0.25) is 0 Å². The minimum Gasteiger partial charge on any atom is -0.424 e. The average Bonchev–Trinajstić information content (AvgIpc) is 2.24. The fourth-order valence-electron chi connectivity index (χ4n) is 1.29. The Bertz CT molecular complexity index is 511. The van der Waals surface area contributed by atoms with Gasteiger partial charge in [0.05, 0.1) is 0 Å². The predicted octanol–water partition coefficient (Wildman–Crippen LogP) is 2.47. The normalized spacial score (nSPS) is 10.1. The van der Waals surface area contributed by atoms with Crippen molar-refractivity contribution in [3.05, 3.63) is 41.7 Å². The number of aromatic nitrogens is 2. The molecule has 0 spiro atoms. The topological polar surface area (TPSA) is 61.0 Å². The lowest BCUT2D eigenvalue weighted by Crippen LogP contribution is -1.94. The standard InChI is InChI=1S/C12H13N3O/c1-8-7-10(3-4-11(8)13)16-12-14-6-5-9(2)15-12/h3-7H,13H2,1-2H3. The molecule has 1 heterocycles. The molecule has 0 unspecified atom stereocenters. The molecule has 0 radical (unpaired) electrons. The molecule has 0 amide bonds. The van der Waals surface area contributed by atoms with Gasteiger partial charge in [-0.15, -0.1) is 0 Å². The number of nitrogens with zero attached hydrogens (tertiary/aromatic N) is 2. The maximum Gasteiger partial charge on any atom is 0.322 e. The van der Waals surface area contributed by atoms with Gasteiger partial charge in [-0.3, -0.25) is 0 Å². The van der Waals surface area contributed by atoms with E-state index in [2.05, 4.69) is 9.97 Å². The Kier molecular flexibility index (Phi) is 2.72. The average molecular weight is 215 g/mol. The summed E-state index contributed by atoms with van der Waals surface area (Å²) in [4.78, 5) is 8.18. The minimum atomic E-state index is 0.351. The Balaban J connectivity index is 2.24. The number of hydrogen-bond acceptors (Lipinski definition) is 4. The predicted molar refractivity (Wildman–Crippen MR) is 62.4 cm³/mol. The third-order valence-corrected chi connectivity index (χ3v) is 2.22. The highest BCUT2D eigenvalue weighted by Crippen LogP contribution is 2.22. The number of anilines is 1. The summed E-state index contributed by atoms with van der Waals surface area (Å²) in [6.07, 6.45) is 1.67. The van der Waals surface area contributed by atoms with Crippen LogP contribution >= 0.6 is 0 Å². The Morgan fingerprint density at radius 3 is 2.69 bits per heavy atom. The summed E-state index contributed by atoms with van der Waals surface area (Å²) in [5, 5.41) is 0. The van der Waals surface area contributed by atoms with Gasteiger partial charge in [-0.05, 0) is 43.7 Å². The summed E-state index contributed by atoms with van der Waals surface area (Å²) >= 11 is 0. The highest BCUT2D eigenvalue weighted by Gasteiger charge is 2.02. The fourth-order valence-corrected chi connectivity index (χ4v) is 1.29. The molecular formula is C12H13N3O. The Hall–Kier alpha value is -2.10. The molecule has 0 aliphatic rings. The van der Waals surface area contributed by atoms with E-state index in [1.165, 1.54) is 0 Å². The van der Waals surface area contributed by atoms with Crippen LogP contribution in [0.1, 0.15) is 11.3 Å². The van der Waals surface area contributed by atoms with Crippen LogP contribution in [0.2, 0.25) is 0 Å². The van der Waals surface area contributed by atoms with Gasteiger partial charge in [0.15, 0.2) is 0 Å². The molecular weight excluding hydrogens is 202 g/mol. The summed E-state index contributed by atoms with van der Waals surface area (Å²) in [5.41, 5.74) is 8.32. The molecule has 0 fully saturated rings. The summed E-state index contributed by atoms with van der Waals surface area (Å²) in [7, 11) is 0. The van der Waals surface area contributed by atoms with E-state index in [4.69, 9.17) is 10.5 Å². The van der Waals surface area contributed by atoms with Crippen molar-refractivity contribution in [3.63, 3.8) is 0 Å². The van der Waals surface area contributed by atoms with E-state index in [0.717, 1.165) is 16.9 Å². The molecule has 2 N–H and O–H groups in total. The smallest absolute Gasteiger partial charge is 0.322 e. The van der Waals surface area contributed by atoms with E-state index in [0.29, 0.717) is 11.8 Å². The first-order valence-corrected chi connectivity index (χ1v) is 4.99. The van der Waals surface area contributed by atoms with Crippen molar-refractivity contribution in [2.24, 2.45) is 0 Å². The fraction of sp³-hybridized carbons (Fsp3) is 0.167. The van der Waals surface area contributed by atoms with E-state index in [9.17, 15) is 0 Å². The van der Waals surface area contributed by atoms with Crippen LogP contribution in [-0.2, 0) is 0 Å². The number of nitrogens with two attached hydrogens (primary N) is 1. The van der Waals surface area contributed by atoms with Crippen molar-refractivity contribution in [1.29, 1.82) is 0 Å². The molecule has 0 saturated heterocycles. The maximum absolute atomic E-state index is 5.72. The molecule has 82 valence electrons. The van der Waals surface area contributed by atoms with Gasteiger partial charge in [0, 0.05) is 17.6 Å². The molecule has 0 bridgehead atoms. The largest absolute Gasteiger partial charge is 0.424 e. The van der Waals surface area contributed by atoms with Crippen molar-refractivity contribution in [2.45, 2.75) is 13.8 Å². The van der Waals surface area contributed by atoms with E-state index in [1.807, 2.05) is 26.0 Å². The molecule has 2 aromatic rings. The van der Waals surface area contributed by atoms with E-state index in [1.54, 1.807) is 18.3 Å². The molecule has 1 aromatic heterocycles. The van der Waals surface area contributed by atoms with Crippen LogP contribution in [0.25, 0.3) is 0 Å². The van der Waals surface area contributed by atoms with E-state index in [-0.39, 0.29) is 0 Å². The number of ether oxygens (including phenoxy) is 1. The van der Waals surface area contributed by atoms with Crippen LogP contribution in [-0.4, -0.2) is 9.97 Å². The lowest BCUT2D eigenvalue weighted by Gasteiger charge is -2.06. The van der Waals surface area contributed by atoms with Gasteiger partial charge in [0.25, 0.3) is 0 Å². The Morgan fingerprint density at radius 2 is 2.00 bits per heavy atom. The van der Waals surface area contributed by atoms with E-state index >= 15 is 0 Å². The highest BCUT2D eigenvalue weighted by molar-refractivity contribution is 5.49. The molecule has 0 aliphatic heterocycles. The minimum absolute atomic E-state index is 0.351.